The van der Waals surface area contributed by atoms with Gasteiger partial charge in [-0.2, -0.15) is 0 Å². The minimum absolute atomic E-state index is 0.0313. The molecular weight excluding hydrogens is 294 g/mol. The summed E-state index contributed by atoms with van der Waals surface area (Å²) in [5.41, 5.74) is 7.61. The van der Waals surface area contributed by atoms with Crippen LogP contribution in [0, 0.1) is 6.92 Å². The zero-order valence-electron chi connectivity index (χ0n) is 11.2. The zero-order chi connectivity index (χ0) is 15.3. The van der Waals surface area contributed by atoms with Crippen molar-refractivity contribution in [3.63, 3.8) is 0 Å². The standard InChI is InChI=1S/C13H13N3O4S/c1-5-8(12(17)18)10(14)9-6-2-3-16(13(19)20)4-7(6)21-11(9)15-5/h2-4H2,1H3,(H2,14,15)(H,17,18)(H,19,20). The molecule has 110 valence electrons. The number of carbonyl (C=O) groups is 2. The lowest BCUT2D eigenvalue weighted by Crippen LogP contribution is -2.34. The van der Waals surface area contributed by atoms with Gasteiger partial charge in [0.1, 0.15) is 10.4 Å². The molecule has 2 aromatic heterocycles. The molecule has 0 saturated carbocycles. The summed E-state index contributed by atoms with van der Waals surface area (Å²) in [5.74, 6) is -1.10. The minimum atomic E-state index is -1.10. The fraction of sp³-hybridized carbons (Fsp3) is 0.308. The van der Waals surface area contributed by atoms with E-state index in [1.54, 1.807) is 6.92 Å². The number of nitrogens with zero attached hydrogens (tertiary/aromatic N) is 2. The quantitative estimate of drug-likeness (QED) is 0.741. The smallest absolute Gasteiger partial charge is 0.407 e. The molecule has 2 aromatic rings. The fourth-order valence-electron chi connectivity index (χ4n) is 2.71. The van der Waals surface area contributed by atoms with E-state index < -0.39 is 12.1 Å². The topological polar surface area (TPSA) is 117 Å². The van der Waals surface area contributed by atoms with E-state index >= 15 is 0 Å². The molecule has 0 bridgehead atoms. The van der Waals surface area contributed by atoms with Gasteiger partial charge in [-0.15, -0.1) is 11.3 Å². The van der Waals surface area contributed by atoms with Crippen LogP contribution in [0.25, 0.3) is 10.2 Å². The summed E-state index contributed by atoms with van der Waals surface area (Å²) in [6.07, 6.45) is -0.434. The van der Waals surface area contributed by atoms with Crippen LogP contribution in [0.3, 0.4) is 0 Å². The van der Waals surface area contributed by atoms with E-state index in [2.05, 4.69) is 4.98 Å². The number of thiophene rings is 1. The predicted octanol–water partition coefficient (Wildman–Crippen LogP) is 1.92. The number of nitrogen functional groups attached to an aromatic ring is 1. The third kappa shape index (κ3) is 1.99. The molecule has 3 heterocycles. The van der Waals surface area contributed by atoms with Crippen molar-refractivity contribution in [1.82, 2.24) is 9.88 Å². The van der Waals surface area contributed by atoms with E-state index in [0.717, 1.165) is 10.4 Å². The second-order valence-corrected chi connectivity index (χ2v) is 6.01. The second-order valence-electron chi connectivity index (χ2n) is 4.93. The van der Waals surface area contributed by atoms with Crippen molar-refractivity contribution in [3.05, 3.63) is 21.7 Å². The molecule has 3 rings (SSSR count). The first-order valence-corrected chi connectivity index (χ1v) is 7.13. The molecule has 0 aromatic carbocycles. The number of aryl methyl sites for hydroxylation is 1. The number of pyridine rings is 1. The Labute approximate surface area is 123 Å². The molecule has 8 heteroatoms. The van der Waals surface area contributed by atoms with Crippen LogP contribution in [-0.4, -0.2) is 38.7 Å². The summed E-state index contributed by atoms with van der Waals surface area (Å²) < 4.78 is 0. The maximum Gasteiger partial charge on any atom is 0.407 e. The van der Waals surface area contributed by atoms with Crippen molar-refractivity contribution >= 4 is 39.3 Å². The van der Waals surface area contributed by atoms with Crippen LogP contribution >= 0.6 is 11.3 Å². The summed E-state index contributed by atoms with van der Waals surface area (Å²) in [6.45, 7) is 2.29. The van der Waals surface area contributed by atoms with Crippen molar-refractivity contribution in [2.24, 2.45) is 0 Å². The molecule has 0 aliphatic carbocycles. The lowest BCUT2D eigenvalue weighted by Gasteiger charge is -2.24. The highest BCUT2D eigenvalue weighted by molar-refractivity contribution is 7.19. The van der Waals surface area contributed by atoms with Crippen LogP contribution < -0.4 is 5.73 Å². The van der Waals surface area contributed by atoms with Gasteiger partial charge < -0.3 is 20.8 Å². The summed E-state index contributed by atoms with van der Waals surface area (Å²) >= 11 is 1.38. The molecule has 0 spiro atoms. The van der Waals surface area contributed by atoms with E-state index in [0.29, 0.717) is 35.4 Å². The van der Waals surface area contributed by atoms with Gasteiger partial charge in [-0.05, 0) is 18.9 Å². The molecule has 0 atom stereocenters. The number of carboxylic acids is 1. The van der Waals surface area contributed by atoms with Crippen molar-refractivity contribution < 1.29 is 19.8 Å². The Balaban J connectivity index is 2.22. The van der Waals surface area contributed by atoms with Crippen LogP contribution in [0.2, 0.25) is 0 Å². The Morgan fingerprint density at radius 3 is 2.71 bits per heavy atom. The van der Waals surface area contributed by atoms with E-state index in [1.807, 2.05) is 0 Å². The van der Waals surface area contributed by atoms with Crippen molar-refractivity contribution in [3.8, 4) is 0 Å². The van der Waals surface area contributed by atoms with Gasteiger partial charge in [-0.3, -0.25) is 0 Å². The first-order valence-electron chi connectivity index (χ1n) is 6.31. The second kappa shape index (κ2) is 4.59. The Kier molecular flexibility index (Phi) is 2.98. The Morgan fingerprint density at radius 2 is 2.10 bits per heavy atom. The molecule has 1 aliphatic heterocycles. The monoisotopic (exact) mass is 307 g/mol. The number of hydrogen-bond acceptors (Lipinski definition) is 5. The average molecular weight is 307 g/mol. The number of amides is 1. The van der Waals surface area contributed by atoms with E-state index in [4.69, 9.17) is 10.8 Å². The number of fused-ring (bicyclic) bond motifs is 3. The fourth-order valence-corrected chi connectivity index (χ4v) is 4.01. The minimum Gasteiger partial charge on any atom is -0.478 e. The van der Waals surface area contributed by atoms with Gasteiger partial charge in [0, 0.05) is 16.8 Å². The number of rotatable bonds is 1. The van der Waals surface area contributed by atoms with E-state index in [1.165, 1.54) is 16.2 Å². The number of anilines is 1. The molecule has 7 nitrogen and oxygen atoms in total. The third-order valence-electron chi connectivity index (χ3n) is 3.69. The highest BCUT2D eigenvalue weighted by Crippen LogP contribution is 2.39. The molecule has 0 radical (unpaired) electrons. The summed E-state index contributed by atoms with van der Waals surface area (Å²) in [7, 11) is 0. The van der Waals surface area contributed by atoms with Crippen molar-refractivity contribution in [2.45, 2.75) is 19.9 Å². The number of aromatic nitrogens is 1. The summed E-state index contributed by atoms with van der Waals surface area (Å²) in [4.78, 5) is 29.6. The average Bonchev–Trinajstić information content (AvgIpc) is 2.74. The Morgan fingerprint density at radius 1 is 1.38 bits per heavy atom. The first kappa shape index (κ1) is 13.6. The van der Waals surface area contributed by atoms with Crippen LogP contribution in [0.5, 0.6) is 0 Å². The Hall–Kier alpha value is -2.35. The third-order valence-corrected chi connectivity index (χ3v) is 4.80. The number of hydrogen-bond donors (Lipinski definition) is 3. The van der Waals surface area contributed by atoms with E-state index in [-0.39, 0.29) is 11.3 Å². The van der Waals surface area contributed by atoms with Gasteiger partial charge in [-0.25, -0.2) is 14.6 Å². The Bertz CT molecular complexity index is 784. The number of carboxylic acid groups (broad SMARTS) is 2. The molecular formula is C13H13N3O4S. The SMILES string of the molecule is Cc1nc2sc3c(c2c(N)c1C(=O)O)CCN(C(=O)O)C3. The number of aromatic carboxylic acids is 1. The molecule has 1 amide bonds. The van der Waals surface area contributed by atoms with Gasteiger partial charge >= 0.3 is 12.1 Å². The number of nitrogens with two attached hydrogens (primary N) is 1. The highest BCUT2D eigenvalue weighted by Gasteiger charge is 2.27. The van der Waals surface area contributed by atoms with Crippen LogP contribution in [0.4, 0.5) is 10.5 Å². The first-order chi connectivity index (χ1) is 9.90. The molecule has 4 N–H and O–H groups in total. The maximum atomic E-state index is 11.3. The van der Waals surface area contributed by atoms with Crippen LogP contribution in [0.15, 0.2) is 0 Å². The molecule has 0 unspecified atom stereocenters. The van der Waals surface area contributed by atoms with E-state index in [9.17, 15) is 14.7 Å². The van der Waals surface area contributed by atoms with Crippen molar-refractivity contribution in [1.29, 1.82) is 0 Å². The lowest BCUT2D eigenvalue weighted by atomic mass is 10.0. The van der Waals surface area contributed by atoms with Gasteiger partial charge in [0.05, 0.1) is 17.9 Å². The lowest BCUT2D eigenvalue weighted by molar-refractivity contribution is 0.0697. The van der Waals surface area contributed by atoms with Crippen LogP contribution in [0.1, 0.15) is 26.5 Å². The molecule has 21 heavy (non-hydrogen) atoms. The normalized spacial score (nSPS) is 14.2. The van der Waals surface area contributed by atoms with Crippen LogP contribution in [-0.2, 0) is 13.0 Å². The molecule has 0 saturated heterocycles. The maximum absolute atomic E-state index is 11.3. The van der Waals surface area contributed by atoms with Gasteiger partial charge in [0.25, 0.3) is 0 Å². The van der Waals surface area contributed by atoms with Gasteiger partial charge in [0.2, 0.25) is 0 Å². The zero-order valence-corrected chi connectivity index (χ0v) is 12.0. The van der Waals surface area contributed by atoms with Crippen molar-refractivity contribution in [2.75, 3.05) is 12.3 Å². The highest BCUT2D eigenvalue weighted by atomic mass is 32.1. The predicted molar refractivity (Wildman–Crippen MR) is 77.9 cm³/mol. The summed E-state index contributed by atoms with van der Waals surface area (Å²) in [5, 5.41) is 19.0. The molecule has 0 fully saturated rings. The largest absolute Gasteiger partial charge is 0.478 e. The van der Waals surface area contributed by atoms with Gasteiger partial charge in [-0.1, -0.05) is 0 Å². The molecule has 1 aliphatic rings. The van der Waals surface area contributed by atoms with Gasteiger partial charge in [0.15, 0.2) is 0 Å². The summed E-state index contributed by atoms with van der Waals surface area (Å²) in [6, 6.07) is 0.